The Morgan fingerprint density at radius 1 is 0.885 bits per heavy atom. The van der Waals surface area contributed by atoms with Crippen molar-refractivity contribution in [2.45, 2.75) is 56.3 Å². The number of benzene rings is 2. The second kappa shape index (κ2) is 18.8. The van der Waals surface area contributed by atoms with Crippen LogP contribution in [0.25, 0.3) is 21.8 Å². The molecule has 2 saturated heterocycles. The number of aryl methyl sites for hydroxylation is 1. The van der Waals surface area contributed by atoms with Gasteiger partial charge in [-0.1, -0.05) is 34.8 Å². The zero-order valence-corrected chi connectivity index (χ0v) is 37.0. The van der Waals surface area contributed by atoms with Crippen molar-refractivity contribution in [2.75, 3.05) is 73.7 Å². The molecule has 2 N–H and O–H groups in total. The molecule has 16 nitrogen and oxygen atoms in total. The maximum Gasteiger partial charge on any atom is 0.350 e. The van der Waals surface area contributed by atoms with E-state index in [1.54, 1.807) is 44.3 Å². The second-order valence-electron chi connectivity index (χ2n) is 14.7. The number of methoxy groups -OCH3 is 2. The minimum atomic E-state index is -3.82. The van der Waals surface area contributed by atoms with Gasteiger partial charge >= 0.3 is 5.97 Å². The van der Waals surface area contributed by atoms with Crippen molar-refractivity contribution in [1.29, 1.82) is 0 Å². The number of piperidine rings is 2. The van der Waals surface area contributed by atoms with Crippen LogP contribution in [0, 0.1) is 5.82 Å². The number of rotatable bonds is 11. The smallest absolute Gasteiger partial charge is 0.350 e. The van der Waals surface area contributed by atoms with Crippen LogP contribution in [0.15, 0.2) is 59.9 Å². The standard InChI is InChI=1S/C29H30FN7O4S2.C12H18N2O3S/c1-35-26-20-6-4-17(12-22(20)34-27(31)21(26)14-33-35)16-37(23-13-18(30)5-7-25(23)43(3,39)40)28(38)24-15-32-29(42-24)36-10-8-19(41-2)9-11-36;1-3-17-11(15)10-8-13-12(18-10)14-6-4-9(16-2)5-7-14/h4-7,12-15,19H,8-11,16H2,1-3H3,(H2,31,34);8-9H,3-7H2,1-2H3. The molecular weight excluding hydrogens is 846 g/mol. The van der Waals surface area contributed by atoms with Gasteiger partial charge < -0.3 is 34.6 Å². The number of nitrogens with two attached hydrogens (primary N) is 1. The van der Waals surface area contributed by atoms with Crippen LogP contribution in [0.4, 0.5) is 26.2 Å². The fourth-order valence-electron chi connectivity index (χ4n) is 7.48. The number of ether oxygens (including phenoxy) is 3. The number of hydrogen-bond acceptors (Lipinski definition) is 16. The lowest BCUT2D eigenvalue weighted by Gasteiger charge is -2.30. The third-order valence-electron chi connectivity index (χ3n) is 10.7. The Morgan fingerprint density at radius 2 is 1.49 bits per heavy atom. The zero-order valence-electron chi connectivity index (χ0n) is 34.5. The number of anilines is 4. The average molecular weight is 894 g/mol. The SMILES string of the molecule is CCOC(=O)c1cnc(N2CCC(OC)CC2)s1.COC1CCN(c2ncc(C(=O)N(Cc3ccc4c(c3)nc(N)c3cnn(C)c34)c3cc(F)ccc3S(C)(=O)=O)s2)CC1. The molecular formula is C41H48FN9O7S3. The van der Waals surface area contributed by atoms with E-state index < -0.39 is 21.6 Å². The normalized spacial score (nSPS) is 15.2. The number of carbonyl (C=O) groups excluding carboxylic acids is 2. The highest BCUT2D eigenvalue weighted by Gasteiger charge is 2.29. The van der Waals surface area contributed by atoms with Crippen LogP contribution in [0.1, 0.15) is 57.5 Å². The Balaban J connectivity index is 0.000000260. The summed E-state index contributed by atoms with van der Waals surface area (Å²) in [6.45, 7) is 5.47. The van der Waals surface area contributed by atoms with Crippen LogP contribution in [0.3, 0.4) is 0 Å². The Hall–Kier alpha value is -5.28. The minimum absolute atomic E-state index is 0.0573. The summed E-state index contributed by atoms with van der Waals surface area (Å²) in [5.41, 5.74) is 8.20. The molecule has 0 spiro atoms. The highest BCUT2D eigenvalue weighted by atomic mass is 32.2. The molecule has 324 valence electrons. The van der Waals surface area contributed by atoms with E-state index in [9.17, 15) is 22.4 Å². The minimum Gasteiger partial charge on any atom is -0.462 e. The molecule has 0 aliphatic carbocycles. The van der Waals surface area contributed by atoms with Crippen molar-refractivity contribution < 1.29 is 36.6 Å². The first kappa shape index (κ1) is 43.8. The summed E-state index contributed by atoms with van der Waals surface area (Å²) in [5, 5.41) is 7.42. The number of halogens is 1. The number of pyridine rings is 1. The number of thiazole rings is 2. The summed E-state index contributed by atoms with van der Waals surface area (Å²) in [4.78, 5) is 45.3. The first-order valence-corrected chi connectivity index (χ1v) is 23.3. The summed E-state index contributed by atoms with van der Waals surface area (Å²) in [7, 11) is 1.45. The van der Waals surface area contributed by atoms with E-state index in [2.05, 4.69) is 29.9 Å². The van der Waals surface area contributed by atoms with E-state index >= 15 is 0 Å². The maximum absolute atomic E-state index is 14.6. The van der Waals surface area contributed by atoms with Gasteiger partial charge in [0.25, 0.3) is 5.91 Å². The Kier molecular flexibility index (Phi) is 13.5. The molecule has 2 aromatic carbocycles. The molecule has 0 unspecified atom stereocenters. The predicted molar refractivity (Wildman–Crippen MR) is 235 cm³/mol. The van der Waals surface area contributed by atoms with Crippen molar-refractivity contribution in [2.24, 2.45) is 7.05 Å². The summed E-state index contributed by atoms with van der Waals surface area (Å²) in [6.07, 6.45) is 10.0. The van der Waals surface area contributed by atoms with Gasteiger partial charge in [0.1, 0.15) is 21.4 Å². The Morgan fingerprint density at radius 3 is 2.08 bits per heavy atom. The van der Waals surface area contributed by atoms with Gasteiger partial charge in [-0.3, -0.25) is 9.48 Å². The molecule has 2 aliphatic rings. The lowest BCUT2D eigenvalue weighted by Crippen LogP contribution is -2.36. The topological polar surface area (TPSA) is 188 Å². The van der Waals surface area contributed by atoms with Gasteiger partial charge in [0.2, 0.25) is 0 Å². The summed E-state index contributed by atoms with van der Waals surface area (Å²) in [5.74, 6) is -1.14. The van der Waals surface area contributed by atoms with Crippen LogP contribution < -0.4 is 20.4 Å². The third-order valence-corrected chi connectivity index (χ3v) is 14.0. The first-order chi connectivity index (χ1) is 29.3. The van der Waals surface area contributed by atoms with Gasteiger partial charge in [0, 0.05) is 59.1 Å². The van der Waals surface area contributed by atoms with Crippen molar-refractivity contribution in [1.82, 2.24) is 24.7 Å². The van der Waals surface area contributed by atoms with Crippen LogP contribution in [0.2, 0.25) is 0 Å². The molecule has 2 aliphatic heterocycles. The van der Waals surface area contributed by atoms with Crippen LogP contribution in [0.5, 0.6) is 0 Å². The lowest BCUT2D eigenvalue weighted by molar-refractivity contribution is 0.0531. The fourth-order valence-corrected chi connectivity index (χ4v) is 10.1. The molecule has 1 amide bonds. The molecule has 8 rings (SSSR count). The largest absolute Gasteiger partial charge is 0.462 e. The van der Waals surface area contributed by atoms with E-state index in [4.69, 9.17) is 19.9 Å². The Bertz CT molecular complexity index is 2640. The van der Waals surface area contributed by atoms with Crippen molar-refractivity contribution in [3.8, 4) is 0 Å². The molecule has 4 aromatic heterocycles. The quantitative estimate of drug-likeness (QED) is 0.116. The fraction of sp³-hybridized carbons (Fsp3) is 0.415. The van der Waals surface area contributed by atoms with Gasteiger partial charge in [0.15, 0.2) is 20.1 Å². The molecule has 6 heterocycles. The monoisotopic (exact) mass is 893 g/mol. The predicted octanol–water partition coefficient (Wildman–Crippen LogP) is 6.10. The van der Waals surface area contributed by atoms with Crippen LogP contribution in [-0.4, -0.2) is 110 Å². The van der Waals surface area contributed by atoms with Crippen molar-refractivity contribution in [3.05, 3.63) is 76.1 Å². The van der Waals surface area contributed by atoms with E-state index in [0.29, 0.717) is 44.5 Å². The van der Waals surface area contributed by atoms with Gasteiger partial charge in [-0.05, 0) is 62.4 Å². The third kappa shape index (κ3) is 9.78. The molecule has 0 radical (unpaired) electrons. The highest BCUT2D eigenvalue weighted by Crippen LogP contribution is 2.34. The average Bonchev–Trinajstić information content (AvgIpc) is 4.04. The summed E-state index contributed by atoms with van der Waals surface area (Å²) < 4.78 is 57.6. The van der Waals surface area contributed by atoms with Crippen molar-refractivity contribution in [3.63, 3.8) is 0 Å². The van der Waals surface area contributed by atoms with Crippen LogP contribution in [-0.2, 0) is 37.6 Å². The summed E-state index contributed by atoms with van der Waals surface area (Å²) >= 11 is 2.61. The molecule has 20 heteroatoms. The number of nitrogens with zero attached hydrogens (tertiary/aromatic N) is 8. The number of nitrogen functional groups attached to an aromatic ring is 1. The van der Waals surface area contributed by atoms with Gasteiger partial charge in [-0.25, -0.2) is 32.6 Å². The van der Waals surface area contributed by atoms with E-state index in [0.717, 1.165) is 91.7 Å². The number of carbonyl (C=O) groups is 2. The van der Waals surface area contributed by atoms with Crippen molar-refractivity contribution >= 4 is 88.0 Å². The molecule has 0 atom stereocenters. The van der Waals surface area contributed by atoms with Gasteiger partial charge in [-0.2, -0.15) is 5.10 Å². The van der Waals surface area contributed by atoms with Crippen LogP contribution >= 0.6 is 22.7 Å². The van der Waals surface area contributed by atoms with Gasteiger partial charge in [0.05, 0.1) is 71.0 Å². The van der Waals surface area contributed by atoms with E-state index in [-0.39, 0.29) is 29.2 Å². The molecule has 61 heavy (non-hydrogen) atoms. The number of fused-ring (bicyclic) bond motifs is 3. The van der Waals surface area contributed by atoms with E-state index in [1.807, 2.05) is 19.2 Å². The Labute approximate surface area is 361 Å². The number of hydrogen-bond donors (Lipinski definition) is 1. The highest BCUT2D eigenvalue weighted by molar-refractivity contribution is 7.90. The number of sulfone groups is 1. The second-order valence-corrected chi connectivity index (χ2v) is 18.7. The number of esters is 1. The maximum atomic E-state index is 14.6. The summed E-state index contributed by atoms with van der Waals surface area (Å²) in [6, 6.07) is 8.79. The number of amides is 1. The lowest BCUT2D eigenvalue weighted by atomic mass is 10.1. The number of aromatic nitrogens is 5. The van der Waals surface area contributed by atoms with Gasteiger partial charge in [-0.15, -0.1) is 0 Å². The molecule has 0 saturated carbocycles. The van der Waals surface area contributed by atoms with E-state index in [1.165, 1.54) is 39.8 Å². The molecule has 0 bridgehead atoms. The molecule has 6 aromatic rings. The zero-order chi connectivity index (χ0) is 43.4. The molecule has 2 fully saturated rings. The first-order valence-electron chi connectivity index (χ1n) is 19.7.